The number of aliphatic hydroxyl groups is 1. The van der Waals surface area contributed by atoms with Gasteiger partial charge in [0.25, 0.3) is 5.78 Å². The maximum absolute atomic E-state index is 13.5. The first kappa shape index (κ1) is 22.7. The number of aromatic nitrogens is 1. The Labute approximate surface area is 204 Å². The molecule has 35 heavy (non-hydrogen) atoms. The summed E-state index contributed by atoms with van der Waals surface area (Å²) in [7, 11) is 1.49. The smallest absolute Gasteiger partial charge is 0.301 e. The SMILES string of the molecule is CCc1ccc2nc(N3C(=O)C(=O)/C(=C(/O)c4ccc(F)cc4)[C@H]3c3ccccc3OC)sc2c1. The lowest BCUT2D eigenvalue weighted by atomic mass is 9.94. The summed E-state index contributed by atoms with van der Waals surface area (Å²) in [5.74, 6) is -2.08. The lowest BCUT2D eigenvalue weighted by Gasteiger charge is -2.24. The summed E-state index contributed by atoms with van der Waals surface area (Å²) < 4.78 is 19.9. The van der Waals surface area contributed by atoms with Crippen LogP contribution < -0.4 is 9.64 Å². The third kappa shape index (κ3) is 3.85. The first-order valence-electron chi connectivity index (χ1n) is 11.0. The summed E-state index contributed by atoms with van der Waals surface area (Å²) in [6.45, 7) is 2.05. The molecule has 1 fully saturated rings. The largest absolute Gasteiger partial charge is 0.507 e. The van der Waals surface area contributed by atoms with Crippen LogP contribution in [0.1, 0.15) is 29.7 Å². The van der Waals surface area contributed by atoms with Crippen LogP contribution in [0.4, 0.5) is 9.52 Å². The number of Topliss-reactive ketones (excluding diaryl/α,β-unsaturated/α-hetero) is 1. The molecule has 3 aromatic carbocycles. The number of ether oxygens (including phenoxy) is 1. The van der Waals surface area contributed by atoms with Crippen molar-refractivity contribution in [2.75, 3.05) is 12.0 Å². The lowest BCUT2D eigenvalue weighted by Crippen LogP contribution is -2.29. The van der Waals surface area contributed by atoms with E-state index in [1.807, 2.05) is 18.2 Å². The number of aliphatic hydroxyl groups excluding tert-OH is 1. The van der Waals surface area contributed by atoms with Gasteiger partial charge in [-0.2, -0.15) is 0 Å². The summed E-state index contributed by atoms with van der Waals surface area (Å²) in [5, 5.41) is 11.5. The molecular weight excluding hydrogens is 467 g/mol. The van der Waals surface area contributed by atoms with Gasteiger partial charge >= 0.3 is 5.91 Å². The normalized spacial score (nSPS) is 17.3. The zero-order chi connectivity index (χ0) is 24.7. The van der Waals surface area contributed by atoms with Gasteiger partial charge in [-0.25, -0.2) is 9.37 Å². The molecule has 5 rings (SSSR count). The van der Waals surface area contributed by atoms with Crippen LogP contribution >= 0.6 is 11.3 Å². The van der Waals surface area contributed by atoms with E-state index in [0.29, 0.717) is 22.0 Å². The van der Waals surface area contributed by atoms with Gasteiger partial charge < -0.3 is 9.84 Å². The molecule has 1 aromatic heterocycles. The van der Waals surface area contributed by atoms with Crippen molar-refractivity contribution in [3.8, 4) is 5.75 Å². The number of nitrogens with zero attached hydrogens (tertiary/aromatic N) is 2. The molecule has 0 aliphatic carbocycles. The fourth-order valence-corrected chi connectivity index (χ4v) is 5.32. The minimum Gasteiger partial charge on any atom is -0.507 e. The highest BCUT2D eigenvalue weighted by Gasteiger charge is 2.49. The molecule has 4 aromatic rings. The van der Waals surface area contributed by atoms with E-state index in [4.69, 9.17) is 4.74 Å². The predicted molar refractivity (Wildman–Crippen MR) is 133 cm³/mol. The summed E-state index contributed by atoms with van der Waals surface area (Å²) in [5.41, 5.74) is 2.47. The number of methoxy groups -OCH3 is 1. The molecule has 1 aliphatic heterocycles. The van der Waals surface area contributed by atoms with Crippen molar-refractivity contribution in [2.45, 2.75) is 19.4 Å². The number of aryl methyl sites for hydroxylation is 1. The molecule has 2 heterocycles. The number of benzene rings is 3. The molecule has 0 spiro atoms. The van der Waals surface area contributed by atoms with Crippen molar-refractivity contribution in [1.29, 1.82) is 0 Å². The Morgan fingerprint density at radius 2 is 1.86 bits per heavy atom. The molecule has 1 saturated heterocycles. The van der Waals surface area contributed by atoms with Crippen LogP contribution in [-0.4, -0.2) is 28.9 Å². The number of amides is 1. The van der Waals surface area contributed by atoms with Crippen LogP contribution in [0.25, 0.3) is 16.0 Å². The highest BCUT2D eigenvalue weighted by Crippen LogP contribution is 2.46. The van der Waals surface area contributed by atoms with E-state index in [1.165, 1.54) is 47.6 Å². The van der Waals surface area contributed by atoms with Crippen molar-refractivity contribution in [1.82, 2.24) is 4.98 Å². The number of halogens is 1. The molecule has 6 nitrogen and oxygen atoms in total. The Morgan fingerprint density at radius 1 is 1.11 bits per heavy atom. The van der Waals surface area contributed by atoms with E-state index in [2.05, 4.69) is 11.9 Å². The molecule has 0 saturated carbocycles. The quantitative estimate of drug-likeness (QED) is 0.224. The van der Waals surface area contributed by atoms with E-state index >= 15 is 0 Å². The number of ketones is 1. The Kier molecular flexibility index (Phi) is 5.82. The maximum atomic E-state index is 13.5. The average molecular weight is 489 g/mol. The molecular formula is C27H21FN2O4S. The van der Waals surface area contributed by atoms with Gasteiger partial charge in [0, 0.05) is 11.1 Å². The first-order chi connectivity index (χ1) is 16.9. The van der Waals surface area contributed by atoms with Crippen LogP contribution in [0.5, 0.6) is 5.75 Å². The van der Waals surface area contributed by atoms with Crippen LogP contribution in [0.2, 0.25) is 0 Å². The zero-order valence-electron chi connectivity index (χ0n) is 19.0. The fourth-order valence-electron chi connectivity index (χ4n) is 4.26. The van der Waals surface area contributed by atoms with Crippen molar-refractivity contribution < 1.29 is 23.8 Å². The van der Waals surface area contributed by atoms with Gasteiger partial charge in [-0.3, -0.25) is 14.5 Å². The Hall–Kier alpha value is -4.04. The van der Waals surface area contributed by atoms with Crippen molar-refractivity contribution >= 4 is 44.1 Å². The summed E-state index contributed by atoms with van der Waals surface area (Å²) in [6.07, 6.45) is 0.854. The third-order valence-corrected chi connectivity index (χ3v) is 7.07. The molecule has 1 N–H and O–H groups in total. The fraction of sp³-hybridized carbons (Fsp3) is 0.148. The van der Waals surface area contributed by atoms with Gasteiger partial charge in [0.15, 0.2) is 5.13 Å². The molecule has 0 unspecified atom stereocenters. The highest BCUT2D eigenvalue weighted by atomic mass is 32.1. The van der Waals surface area contributed by atoms with E-state index in [0.717, 1.165) is 16.7 Å². The molecule has 1 atom stereocenters. The molecule has 0 bridgehead atoms. The lowest BCUT2D eigenvalue weighted by molar-refractivity contribution is -0.132. The molecule has 0 radical (unpaired) electrons. The van der Waals surface area contributed by atoms with Gasteiger partial charge in [0.05, 0.1) is 22.9 Å². The van der Waals surface area contributed by atoms with Crippen molar-refractivity contribution in [2.24, 2.45) is 0 Å². The van der Waals surface area contributed by atoms with Crippen molar-refractivity contribution in [3.05, 3.63) is 94.8 Å². The number of anilines is 1. The monoisotopic (exact) mass is 488 g/mol. The molecule has 8 heteroatoms. The average Bonchev–Trinajstić information content (AvgIpc) is 3.41. The van der Waals surface area contributed by atoms with E-state index in [1.54, 1.807) is 24.3 Å². The topological polar surface area (TPSA) is 79.7 Å². The maximum Gasteiger partial charge on any atom is 0.301 e. The summed E-state index contributed by atoms with van der Waals surface area (Å²) in [6, 6.07) is 17.0. The van der Waals surface area contributed by atoms with Crippen LogP contribution in [0.15, 0.2) is 72.3 Å². The second-order valence-corrected chi connectivity index (χ2v) is 9.08. The van der Waals surface area contributed by atoms with Gasteiger partial charge in [0.2, 0.25) is 0 Å². The summed E-state index contributed by atoms with van der Waals surface area (Å²) in [4.78, 5) is 32.7. The molecule has 176 valence electrons. The minimum absolute atomic E-state index is 0.111. The number of hydrogen-bond donors (Lipinski definition) is 1. The number of rotatable bonds is 5. The Bertz CT molecular complexity index is 1490. The van der Waals surface area contributed by atoms with Gasteiger partial charge in [0.1, 0.15) is 23.4 Å². The highest BCUT2D eigenvalue weighted by molar-refractivity contribution is 7.22. The number of fused-ring (bicyclic) bond motifs is 1. The van der Waals surface area contributed by atoms with Crippen LogP contribution in [-0.2, 0) is 16.0 Å². The van der Waals surface area contributed by atoms with Crippen LogP contribution in [0.3, 0.4) is 0 Å². The number of carbonyl (C=O) groups excluding carboxylic acids is 2. The Morgan fingerprint density at radius 3 is 2.57 bits per heavy atom. The number of hydrogen-bond acceptors (Lipinski definition) is 6. The standard InChI is InChI=1S/C27H21FN2O4S/c1-3-15-8-13-19-21(14-15)35-27(29-19)30-23(18-6-4-5-7-20(18)34-2)22(25(32)26(30)33)24(31)16-9-11-17(28)12-10-16/h4-14,23,31H,3H2,1-2H3/b24-22+/t23-/m1/s1. The summed E-state index contributed by atoms with van der Waals surface area (Å²) >= 11 is 1.30. The van der Waals surface area contributed by atoms with E-state index < -0.39 is 29.3 Å². The second kappa shape index (κ2) is 8.96. The minimum atomic E-state index is -0.984. The number of carbonyl (C=O) groups is 2. The van der Waals surface area contributed by atoms with Gasteiger partial charge in [-0.05, 0) is 54.4 Å². The first-order valence-corrected chi connectivity index (χ1v) is 11.8. The molecule has 1 aliphatic rings. The van der Waals surface area contributed by atoms with Crippen LogP contribution in [0, 0.1) is 5.82 Å². The van der Waals surface area contributed by atoms with E-state index in [-0.39, 0.29) is 11.1 Å². The zero-order valence-corrected chi connectivity index (χ0v) is 19.8. The predicted octanol–water partition coefficient (Wildman–Crippen LogP) is 5.63. The van der Waals surface area contributed by atoms with Gasteiger partial charge in [-0.15, -0.1) is 0 Å². The second-order valence-electron chi connectivity index (χ2n) is 8.07. The van der Waals surface area contributed by atoms with E-state index in [9.17, 15) is 19.1 Å². The Balaban J connectivity index is 1.74. The van der Waals surface area contributed by atoms with Crippen molar-refractivity contribution in [3.63, 3.8) is 0 Å². The third-order valence-electron chi connectivity index (χ3n) is 6.05. The molecule has 1 amide bonds. The van der Waals surface area contributed by atoms with Gasteiger partial charge in [-0.1, -0.05) is 42.5 Å². The number of thiazole rings is 1. The number of para-hydroxylation sites is 1.